The zero-order chi connectivity index (χ0) is 19.8. The van der Waals surface area contributed by atoms with Crippen LogP contribution in [0.5, 0.6) is 0 Å². The molecule has 1 aromatic heterocycles. The molecule has 0 unspecified atom stereocenters. The van der Waals surface area contributed by atoms with Crippen LogP contribution in [0.3, 0.4) is 0 Å². The summed E-state index contributed by atoms with van der Waals surface area (Å²) in [7, 11) is 0. The lowest BCUT2D eigenvalue weighted by Gasteiger charge is -2.51. The largest absolute Gasteiger partial charge is 0.388 e. The van der Waals surface area contributed by atoms with Gasteiger partial charge in [0, 0.05) is 38.2 Å². The first-order chi connectivity index (χ1) is 13.4. The van der Waals surface area contributed by atoms with Gasteiger partial charge in [0.25, 0.3) is 0 Å². The molecule has 0 aromatic carbocycles. The number of hydrogen-bond donors (Lipinski definition) is 2. The Morgan fingerprint density at radius 2 is 2.11 bits per heavy atom. The lowest BCUT2D eigenvalue weighted by atomic mass is 9.75. The Kier molecular flexibility index (Phi) is 5.51. The van der Waals surface area contributed by atoms with Crippen LogP contribution < -0.4 is 5.32 Å². The number of piperidine rings is 1. The van der Waals surface area contributed by atoms with Crippen molar-refractivity contribution in [1.82, 2.24) is 20.0 Å². The summed E-state index contributed by atoms with van der Waals surface area (Å²) < 4.78 is 8.28. The minimum Gasteiger partial charge on any atom is -0.388 e. The van der Waals surface area contributed by atoms with Gasteiger partial charge in [-0.1, -0.05) is 6.42 Å². The SMILES string of the molecule is Cc1ccn(CCN2CCC3(CC2)C[C@](C)(O)[C@@H](NC(=O)C2CCC2)CO3)n1. The van der Waals surface area contributed by atoms with E-state index in [1.807, 2.05) is 30.8 Å². The van der Waals surface area contributed by atoms with Gasteiger partial charge in [0.2, 0.25) is 5.91 Å². The third-order valence-corrected chi connectivity index (χ3v) is 6.97. The molecule has 28 heavy (non-hydrogen) atoms. The molecule has 4 rings (SSSR count). The number of hydrogen-bond acceptors (Lipinski definition) is 5. The van der Waals surface area contributed by atoms with Gasteiger partial charge in [-0.25, -0.2) is 0 Å². The van der Waals surface area contributed by atoms with E-state index >= 15 is 0 Å². The smallest absolute Gasteiger partial charge is 0.223 e. The molecule has 1 spiro atoms. The number of nitrogens with zero attached hydrogens (tertiary/aromatic N) is 3. The molecule has 0 bridgehead atoms. The number of aromatic nitrogens is 2. The average molecular weight is 391 g/mol. The minimum atomic E-state index is -0.924. The van der Waals surface area contributed by atoms with Crippen molar-refractivity contribution in [2.75, 3.05) is 26.2 Å². The van der Waals surface area contributed by atoms with E-state index in [4.69, 9.17) is 4.74 Å². The summed E-state index contributed by atoms with van der Waals surface area (Å²) in [4.78, 5) is 14.7. The molecular weight excluding hydrogens is 356 g/mol. The van der Waals surface area contributed by atoms with Crippen molar-refractivity contribution in [2.24, 2.45) is 5.92 Å². The van der Waals surface area contributed by atoms with Crippen LogP contribution in [0.1, 0.15) is 51.1 Å². The summed E-state index contributed by atoms with van der Waals surface area (Å²) in [5.41, 5.74) is -0.138. The maximum atomic E-state index is 12.3. The van der Waals surface area contributed by atoms with Gasteiger partial charge in [-0.15, -0.1) is 0 Å². The Labute approximate surface area is 167 Å². The van der Waals surface area contributed by atoms with Crippen LogP contribution in [0.25, 0.3) is 0 Å². The molecule has 1 amide bonds. The lowest BCUT2D eigenvalue weighted by Crippen LogP contribution is -2.64. The van der Waals surface area contributed by atoms with Gasteiger partial charge in [0.05, 0.1) is 36.1 Å². The molecule has 3 heterocycles. The Bertz CT molecular complexity index is 690. The van der Waals surface area contributed by atoms with Crippen LogP contribution in [0.15, 0.2) is 12.3 Å². The predicted octanol–water partition coefficient (Wildman–Crippen LogP) is 1.48. The second-order valence-corrected chi connectivity index (χ2v) is 9.28. The van der Waals surface area contributed by atoms with Gasteiger partial charge in [-0.3, -0.25) is 9.48 Å². The molecule has 0 radical (unpaired) electrons. The van der Waals surface area contributed by atoms with Crippen molar-refractivity contribution in [3.8, 4) is 0 Å². The number of aryl methyl sites for hydroxylation is 1. The predicted molar refractivity (Wildman–Crippen MR) is 106 cm³/mol. The fourth-order valence-electron chi connectivity index (χ4n) is 4.76. The van der Waals surface area contributed by atoms with E-state index in [1.165, 1.54) is 0 Å². The van der Waals surface area contributed by atoms with Crippen molar-refractivity contribution in [1.29, 1.82) is 0 Å². The number of carbonyl (C=O) groups excluding carboxylic acids is 1. The second kappa shape index (κ2) is 7.76. The van der Waals surface area contributed by atoms with Crippen molar-refractivity contribution < 1.29 is 14.6 Å². The van der Waals surface area contributed by atoms with E-state index in [1.54, 1.807) is 0 Å². The Morgan fingerprint density at radius 1 is 1.36 bits per heavy atom. The molecule has 3 fully saturated rings. The van der Waals surface area contributed by atoms with E-state index in [0.717, 1.165) is 64.0 Å². The molecule has 2 aliphatic heterocycles. The molecule has 156 valence electrons. The summed E-state index contributed by atoms with van der Waals surface area (Å²) in [6.45, 7) is 8.08. The number of amides is 1. The quantitative estimate of drug-likeness (QED) is 0.796. The topological polar surface area (TPSA) is 79.6 Å². The van der Waals surface area contributed by atoms with Crippen LogP contribution in [0.2, 0.25) is 0 Å². The van der Waals surface area contributed by atoms with Crippen LogP contribution in [-0.4, -0.2) is 69.2 Å². The molecule has 2 atom stereocenters. The standard InChI is InChI=1S/C21H34N4O3/c1-16-6-9-25(23-16)13-12-24-10-7-21(8-11-24)15-20(2,27)18(14-28-21)22-19(26)17-4-3-5-17/h6,9,17-18,27H,3-5,7-8,10-15H2,1-2H3,(H,22,26)/t18-,20-/m0/s1. The number of nitrogens with one attached hydrogen (secondary N) is 1. The van der Waals surface area contributed by atoms with E-state index in [9.17, 15) is 9.90 Å². The molecule has 7 nitrogen and oxygen atoms in total. The van der Waals surface area contributed by atoms with E-state index in [0.29, 0.717) is 13.0 Å². The summed E-state index contributed by atoms with van der Waals surface area (Å²) in [5.74, 6) is 0.216. The third kappa shape index (κ3) is 4.26. The maximum Gasteiger partial charge on any atom is 0.223 e. The zero-order valence-corrected chi connectivity index (χ0v) is 17.2. The zero-order valence-electron chi connectivity index (χ0n) is 17.2. The van der Waals surface area contributed by atoms with Gasteiger partial charge < -0.3 is 20.1 Å². The van der Waals surface area contributed by atoms with E-state index < -0.39 is 5.60 Å². The third-order valence-electron chi connectivity index (χ3n) is 6.97. The Balaban J connectivity index is 1.26. The fraction of sp³-hybridized carbons (Fsp3) is 0.810. The number of rotatable bonds is 5. The number of ether oxygens (including phenoxy) is 1. The highest BCUT2D eigenvalue weighted by Crippen LogP contribution is 2.40. The maximum absolute atomic E-state index is 12.3. The fourth-order valence-corrected chi connectivity index (χ4v) is 4.76. The van der Waals surface area contributed by atoms with Crippen molar-refractivity contribution >= 4 is 5.91 Å². The number of likely N-dealkylation sites (tertiary alicyclic amines) is 1. The number of aliphatic hydroxyl groups is 1. The molecule has 2 N–H and O–H groups in total. The lowest BCUT2D eigenvalue weighted by molar-refractivity contribution is -0.190. The summed E-state index contributed by atoms with van der Waals surface area (Å²) in [6, 6.07) is 1.72. The van der Waals surface area contributed by atoms with Gasteiger partial charge >= 0.3 is 0 Å². The van der Waals surface area contributed by atoms with Crippen LogP contribution in [0.4, 0.5) is 0 Å². The normalized spacial score (nSPS) is 30.9. The Morgan fingerprint density at radius 3 is 2.68 bits per heavy atom. The molecule has 7 heteroatoms. The molecule has 2 saturated heterocycles. The summed E-state index contributed by atoms with van der Waals surface area (Å²) in [6.07, 6.45) is 7.53. The molecule has 1 aliphatic carbocycles. The molecular formula is C21H34N4O3. The van der Waals surface area contributed by atoms with Crippen LogP contribution in [0, 0.1) is 12.8 Å². The highest BCUT2D eigenvalue weighted by atomic mass is 16.5. The molecule has 1 saturated carbocycles. The van der Waals surface area contributed by atoms with Crippen molar-refractivity contribution in [3.63, 3.8) is 0 Å². The molecule has 1 aromatic rings. The van der Waals surface area contributed by atoms with Crippen LogP contribution >= 0.6 is 0 Å². The first-order valence-electron chi connectivity index (χ1n) is 10.7. The van der Waals surface area contributed by atoms with E-state index in [-0.39, 0.29) is 23.5 Å². The van der Waals surface area contributed by atoms with Gasteiger partial charge in [-0.2, -0.15) is 5.10 Å². The highest BCUT2D eigenvalue weighted by molar-refractivity contribution is 5.79. The van der Waals surface area contributed by atoms with E-state index in [2.05, 4.69) is 15.3 Å². The summed E-state index contributed by atoms with van der Waals surface area (Å²) >= 11 is 0. The van der Waals surface area contributed by atoms with Crippen molar-refractivity contribution in [2.45, 2.75) is 76.2 Å². The van der Waals surface area contributed by atoms with Gasteiger partial charge in [0.1, 0.15) is 0 Å². The minimum absolute atomic E-state index is 0.0831. The molecule has 3 aliphatic rings. The highest BCUT2D eigenvalue weighted by Gasteiger charge is 2.49. The van der Waals surface area contributed by atoms with Gasteiger partial charge in [-0.05, 0) is 45.6 Å². The first kappa shape index (κ1) is 19.9. The van der Waals surface area contributed by atoms with Crippen LogP contribution in [-0.2, 0) is 16.1 Å². The average Bonchev–Trinajstić information content (AvgIpc) is 3.01. The monoisotopic (exact) mass is 390 g/mol. The second-order valence-electron chi connectivity index (χ2n) is 9.28. The van der Waals surface area contributed by atoms with Crippen molar-refractivity contribution in [3.05, 3.63) is 18.0 Å². The van der Waals surface area contributed by atoms with Gasteiger partial charge in [0.15, 0.2) is 0 Å². The number of carbonyl (C=O) groups is 1. The Hall–Kier alpha value is -1.44. The summed E-state index contributed by atoms with van der Waals surface area (Å²) in [5, 5.41) is 18.6. The first-order valence-corrected chi connectivity index (χ1v) is 10.7.